The number of rotatable bonds is 7. The number of pyridine rings is 1. The molecule has 0 radical (unpaired) electrons. The summed E-state index contributed by atoms with van der Waals surface area (Å²) in [5, 5.41) is 8.09. The van der Waals surface area contributed by atoms with Crippen LogP contribution in [0.2, 0.25) is 0 Å². The molecule has 3 rings (SSSR count). The van der Waals surface area contributed by atoms with Crippen molar-refractivity contribution in [3.8, 4) is 0 Å². The highest BCUT2D eigenvalue weighted by Crippen LogP contribution is 2.43. The number of nitrogens with zero attached hydrogens (tertiary/aromatic N) is 2. The van der Waals surface area contributed by atoms with Crippen LogP contribution in [0.25, 0.3) is 10.9 Å². The first-order valence-electron chi connectivity index (χ1n) is 9.02. The number of aliphatic imine (C=N–C) groups is 1. The lowest BCUT2D eigenvalue weighted by molar-refractivity contribution is 0.0732. The second kappa shape index (κ2) is 10.1. The predicted molar refractivity (Wildman–Crippen MR) is 118 cm³/mol. The summed E-state index contributed by atoms with van der Waals surface area (Å²) in [5.74, 6) is 0.844. The molecule has 0 amide bonds. The van der Waals surface area contributed by atoms with E-state index in [4.69, 9.17) is 4.74 Å². The van der Waals surface area contributed by atoms with E-state index in [0.29, 0.717) is 12.0 Å². The van der Waals surface area contributed by atoms with Gasteiger partial charge in [-0.3, -0.25) is 9.98 Å². The minimum Gasteiger partial charge on any atom is -0.385 e. The molecule has 1 heterocycles. The van der Waals surface area contributed by atoms with Crippen LogP contribution in [0.5, 0.6) is 0 Å². The van der Waals surface area contributed by atoms with Crippen LogP contribution in [0, 0.1) is 5.41 Å². The smallest absolute Gasteiger partial charge is 0.191 e. The Labute approximate surface area is 173 Å². The molecule has 1 fully saturated rings. The van der Waals surface area contributed by atoms with Crippen LogP contribution in [0.3, 0.4) is 0 Å². The van der Waals surface area contributed by atoms with Gasteiger partial charge in [-0.1, -0.05) is 30.7 Å². The minimum atomic E-state index is 0. The molecule has 0 aliphatic heterocycles. The van der Waals surface area contributed by atoms with E-state index in [-0.39, 0.29) is 24.0 Å². The van der Waals surface area contributed by atoms with Gasteiger partial charge in [-0.25, -0.2) is 0 Å². The van der Waals surface area contributed by atoms with Gasteiger partial charge in [0.2, 0.25) is 0 Å². The molecule has 142 valence electrons. The molecular weight excluding hydrogens is 439 g/mol. The Morgan fingerprint density at radius 2 is 2.04 bits per heavy atom. The summed E-state index contributed by atoms with van der Waals surface area (Å²) in [4.78, 5) is 8.88. The van der Waals surface area contributed by atoms with Crippen molar-refractivity contribution in [1.29, 1.82) is 0 Å². The quantitative estimate of drug-likeness (QED) is 0.370. The standard InChI is InChI=1S/C20H28N4O.HI/c1-21-19(24-15-20(9-5-10-20)11-13-25-2)23-14-17-7-3-6-16-8-4-12-22-18(16)17;/h3-4,6-8,12H,5,9-11,13-15H2,1-2H3,(H2,21,23,24);1H. The zero-order valence-corrected chi connectivity index (χ0v) is 18.0. The van der Waals surface area contributed by atoms with Crippen LogP contribution in [-0.2, 0) is 11.3 Å². The Balaban J connectivity index is 0.00000243. The Morgan fingerprint density at radius 1 is 1.23 bits per heavy atom. The van der Waals surface area contributed by atoms with E-state index in [2.05, 4.69) is 44.9 Å². The summed E-state index contributed by atoms with van der Waals surface area (Å²) >= 11 is 0. The summed E-state index contributed by atoms with van der Waals surface area (Å²) < 4.78 is 5.27. The van der Waals surface area contributed by atoms with Crippen LogP contribution in [0.15, 0.2) is 41.5 Å². The lowest BCUT2D eigenvalue weighted by atomic mass is 9.67. The fourth-order valence-electron chi connectivity index (χ4n) is 3.49. The first-order chi connectivity index (χ1) is 12.3. The highest BCUT2D eigenvalue weighted by Gasteiger charge is 2.36. The summed E-state index contributed by atoms with van der Waals surface area (Å²) in [6, 6.07) is 10.3. The van der Waals surface area contributed by atoms with Crippen LogP contribution >= 0.6 is 24.0 Å². The summed E-state index contributed by atoms with van der Waals surface area (Å²) in [7, 11) is 3.60. The van der Waals surface area contributed by atoms with Crippen molar-refractivity contribution >= 4 is 40.8 Å². The number of ether oxygens (including phenoxy) is 1. The van der Waals surface area contributed by atoms with Gasteiger partial charge >= 0.3 is 0 Å². The summed E-state index contributed by atoms with van der Waals surface area (Å²) in [5.41, 5.74) is 2.59. The molecule has 0 saturated heterocycles. The van der Waals surface area contributed by atoms with Crippen LogP contribution < -0.4 is 10.6 Å². The Bertz CT molecular complexity index is 725. The topological polar surface area (TPSA) is 58.5 Å². The second-order valence-corrected chi connectivity index (χ2v) is 6.87. The Kier molecular flexibility index (Phi) is 8.09. The van der Waals surface area contributed by atoms with Crippen molar-refractivity contribution in [2.24, 2.45) is 10.4 Å². The molecule has 6 heteroatoms. The zero-order valence-electron chi connectivity index (χ0n) is 15.6. The average molecular weight is 468 g/mol. The van der Waals surface area contributed by atoms with Gasteiger partial charge in [-0.05, 0) is 36.3 Å². The molecule has 0 bridgehead atoms. The van der Waals surface area contributed by atoms with E-state index in [1.165, 1.54) is 24.8 Å². The van der Waals surface area contributed by atoms with Crippen molar-refractivity contribution in [2.75, 3.05) is 27.3 Å². The molecule has 1 aliphatic carbocycles. The van der Waals surface area contributed by atoms with E-state index in [1.54, 1.807) is 7.11 Å². The number of hydrogen-bond donors (Lipinski definition) is 2. The average Bonchev–Trinajstić information content (AvgIpc) is 2.63. The highest BCUT2D eigenvalue weighted by molar-refractivity contribution is 14.0. The van der Waals surface area contributed by atoms with E-state index >= 15 is 0 Å². The molecule has 5 nitrogen and oxygen atoms in total. The van der Waals surface area contributed by atoms with Gasteiger partial charge in [0.05, 0.1) is 5.52 Å². The van der Waals surface area contributed by atoms with E-state index in [9.17, 15) is 0 Å². The molecule has 26 heavy (non-hydrogen) atoms. The second-order valence-electron chi connectivity index (χ2n) is 6.87. The number of halogens is 1. The molecular formula is C20H29IN4O. The molecule has 0 atom stereocenters. The van der Waals surface area contributed by atoms with Crippen molar-refractivity contribution in [3.05, 3.63) is 42.1 Å². The van der Waals surface area contributed by atoms with Crippen molar-refractivity contribution in [1.82, 2.24) is 15.6 Å². The lowest BCUT2D eigenvalue weighted by Gasteiger charge is -2.42. The highest BCUT2D eigenvalue weighted by atomic mass is 127. The van der Waals surface area contributed by atoms with Gasteiger partial charge < -0.3 is 15.4 Å². The number of fused-ring (bicyclic) bond motifs is 1. The van der Waals surface area contributed by atoms with Crippen LogP contribution in [0.4, 0.5) is 0 Å². The first-order valence-corrected chi connectivity index (χ1v) is 9.02. The molecule has 1 aromatic heterocycles. The first kappa shape index (κ1) is 20.9. The number of methoxy groups -OCH3 is 1. The number of nitrogens with one attached hydrogen (secondary N) is 2. The maximum absolute atomic E-state index is 5.27. The van der Waals surface area contributed by atoms with Gasteiger partial charge in [0.25, 0.3) is 0 Å². The third kappa shape index (κ3) is 5.07. The SMILES string of the molecule is CN=C(NCc1cccc2cccnc12)NCC1(CCOC)CCC1.I. The Morgan fingerprint density at radius 3 is 2.73 bits per heavy atom. The van der Waals surface area contributed by atoms with Crippen LogP contribution in [0.1, 0.15) is 31.2 Å². The van der Waals surface area contributed by atoms with Crippen molar-refractivity contribution < 1.29 is 4.74 Å². The monoisotopic (exact) mass is 468 g/mol. The third-order valence-corrected chi connectivity index (χ3v) is 5.27. The summed E-state index contributed by atoms with van der Waals surface area (Å²) in [6.45, 7) is 2.48. The molecule has 2 N–H and O–H groups in total. The molecule has 2 aromatic rings. The number of benzene rings is 1. The van der Waals surface area contributed by atoms with Gasteiger partial charge in [-0.15, -0.1) is 24.0 Å². The molecule has 1 aromatic carbocycles. The normalized spacial score (nSPS) is 15.8. The van der Waals surface area contributed by atoms with Crippen LogP contribution in [-0.4, -0.2) is 38.3 Å². The number of aromatic nitrogens is 1. The zero-order chi connectivity index (χ0) is 17.5. The number of para-hydroxylation sites is 1. The largest absolute Gasteiger partial charge is 0.385 e. The molecule has 1 saturated carbocycles. The van der Waals surface area contributed by atoms with E-state index in [1.807, 2.05) is 19.3 Å². The Hall–Kier alpha value is -1.41. The number of hydrogen-bond acceptors (Lipinski definition) is 3. The van der Waals surface area contributed by atoms with E-state index < -0.39 is 0 Å². The van der Waals surface area contributed by atoms with Gasteiger partial charge in [0.15, 0.2) is 5.96 Å². The van der Waals surface area contributed by atoms with Gasteiger partial charge in [0.1, 0.15) is 0 Å². The lowest BCUT2D eigenvalue weighted by Crippen LogP contribution is -2.46. The van der Waals surface area contributed by atoms with E-state index in [0.717, 1.165) is 36.4 Å². The van der Waals surface area contributed by atoms with Gasteiger partial charge in [-0.2, -0.15) is 0 Å². The maximum atomic E-state index is 5.27. The van der Waals surface area contributed by atoms with Crippen molar-refractivity contribution in [3.63, 3.8) is 0 Å². The fraction of sp³-hybridized carbons (Fsp3) is 0.500. The molecule has 0 spiro atoms. The van der Waals surface area contributed by atoms with Crippen molar-refractivity contribution in [2.45, 2.75) is 32.2 Å². The molecule has 0 unspecified atom stereocenters. The minimum absolute atomic E-state index is 0. The fourth-order valence-corrected chi connectivity index (χ4v) is 3.49. The number of guanidine groups is 1. The summed E-state index contributed by atoms with van der Waals surface area (Å²) in [6.07, 6.45) is 6.82. The maximum Gasteiger partial charge on any atom is 0.191 e. The van der Waals surface area contributed by atoms with Gasteiger partial charge in [0, 0.05) is 45.4 Å². The molecule has 1 aliphatic rings. The third-order valence-electron chi connectivity index (χ3n) is 5.27. The predicted octanol–water partition coefficient (Wildman–Crippen LogP) is 3.72.